The van der Waals surface area contributed by atoms with Crippen LogP contribution in [-0.2, 0) is 29.1 Å². The number of benzene rings is 3. The summed E-state index contributed by atoms with van der Waals surface area (Å²) >= 11 is 13.1. The first-order valence-electron chi connectivity index (χ1n) is 18.9. The van der Waals surface area contributed by atoms with E-state index in [0.29, 0.717) is 41.9 Å². The van der Waals surface area contributed by atoms with Crippen LogP contribution in [0.5, 0.6) is 0 Å². The first-order valence-corrected chi connectivity index (χ1v) is 19.6. The Labute approximate surface area is 329 Å². The molecule has 3 heterocycles. The van der Waals surface area contributed by atoms with E-state index in [1.165, 1.54) is 6.07 Å². The number of fused-ring (bicyclic) bond motifs is 1. The topological polar surface area (TPSA) is 137 Å². The largest absolute Gasteiger partial charge is 0.353 e. The second kappa shape index (κ2) is 19.1. The standard InChI is InChI=1S/C40H48Cl2F2N8O3/c41-29-7-5-8-30(42)28(29)25-52-24-27(23-51-18-3-4-19-51)37-33(9-6-10-36(37)52)48-40(55)49-35(22-26-11-12-31(43)32(44)21-26)39(54)47-34(13-14-45)38(53)46-15-20-50-16-1-2-17-50/h5-12,21,24,34-35H,1-4,13-20,22-23,25,45H2,(H,46,53)(H,47,54)(H2,48,49,55)/t34-,35-/m0/s1. The van der Waals surface area contributed by atoms with E-state index in [1.54, 1.807) is 24.3 Å². The van der Waals surface area contributed by atoms with Crippen molar-refractivity contribution in [3.05, 3.63) is 99.2 Å². The molecule has 2 fully saturated rings. The lowest BCUT2D eigenvalue weighted by Gasteiger charge is -2.24. The normalized spacial score (nSPS) is 15.9. The van der Waals surface area contributed by atoms with Gasteiger partial charge in [0.1, 0.15) is 12.1 Å². The number of carbonyl (C=O) groups excluding carboxylic acids is 3. The van der Waals surface area contributed by atoms with E-state index in [2.05, 4.69) is 41.8 Å². The number of anilines is 1. The van der Waals surface area contributed by atoms with Gasteiger partial charge in [0, 0.05) is 53.2 Å². The fraction of sp³-hybridized carbons (Fsp3) is 0.425. The fourth-order valence-electron chi connectivity index (χ4n) is 7.43. The third kappa shape index (κ3) is 10.5. The Morgan fingerprint density at radius 1 is 0.800 bits per heavy atom. The molecule has 0 aliphatic carbocycles. The number of halogens is 4. The van der Waals surface area contributed by atoms with Crippen LogP contribution in [0.3, 0.4) is 0 Å². The lowest BCUT2D eigenvalue weighted by molar-refractivity contribution is -0.130. The minimum absolute atomic E-state index is 0.123. The highest BCUT2D eigenvalue weighted by atomic mass is 35.5. The van der Waals surface area contributed by atoms with Gasteiger partial charge in [0.15, 0.2) is 11.6 Å². The van der Waals surface area contributed by atoms with Gasteiger partial charge in [-0.05, 0) is 112 Å². The lowest BCUT2D eigenvalue weighted by Crippen LogP contribution is -2.55. The van der Waals surface area contributed by atoms with Gasteiger partial charge in [-0.2, -0.15) is 0 Å². The third-order valence-corrected chi connectivity index (χ3v) is 11.0. The van der Waals surface area contributed by atoms with Crippen LogP contribution in [0.1, 0.15) is 48.8 Å². The molecule has 2 aliphatic heterocycles. The van der Waals surface area contributed by atoms with Gasteiger partial charge in [0.2, 0.25) is 11.8 Å². The summed E-state index contributed by atoms with van der Waals surface area (Å²) in [6, 6.07) is 11.3. The molecule has 4 amide bonds. The fourth-order valence-corrected chi connectivity index (χ4v) is 7.95. The first kappa shape index (κ1) is 40.4. The Bertz CT molecular complexity index is 1960. The number of nitrogens with one attached hydrogen (secondary N) is 4. The summed E-state index contributed by atoms with van der Waals surface area (Å²) in [4.78, 5) is 45.5. The Balaban J connectivity index is 1.23. The Morgan fingerprint density at radius 3 is 2.18 bits per heavy atom. The summed E-state index contributed by atoms with van der Waals surface area (Å²) in [5, 5.41) is 13.2. The van der Waals surface area contributed by atoms with Crippen molar-refractivity contribution in [3.63, 3.8) is 0 Å². The molecule has 0 radical (unpaired) electrons. The van der Waals surface area contributed by atoms with Gasteiger partial charge >= 0.3 is 6.03 Å². The van der Waals surface area contributed by atoms with Gasteiger partial charge in [-0.3, -0.25) is 14.5 Å². The average Bonchev–Trinajstić information content (AvgIpc) is 3.94. The van der Waals surface area contributed by atoms with Gasteiger partial charge in [-0.15, -0.1) is 0 Å². The van der Waals surface area contributed by atoms with Crippen LogP contribution in [0.15, 0.2) is 60.8 Å². The van der Waals surface area contributed by atoms with Crippen LogP contribution in [0.4, 0.5) is 19.3 Å². The predicted molar refractivity (Wildman–Crippen MR) is 212 cm³/mol. The Kier molecular flexibility index (Phi) is 14.0. The summed E-state index contributed by atoms with van der Waals surface area (Å²) in [6.45, 7) is 6.17. The maximum Gasteiger partial charge on any atom is 0.319 e. The van der Waals surface area contributed by atoms with E-state index in [1.807, 2.05) is 12.1 Å². The van der Waals surface area contributed by atoms with E-state index in [4.69, 9.17) is 28.9 Å². The van der Waals surface area contributed by atoms with Gasteiger partial charge in [-0.25, -0.2) is 13.6 Å². The van der Waals surface area contributed by atoms with Gasteiger partial charge in [0.05, 0.1) is 17.7 Å². The zero-order chi connectivity index (χ0) is 38.9. The van der Waals surface area contributed by atoms with Crippen LogP contribution in [0, 0.1) is 11.6 Å². The van der Waals surface area contributed by atoms with Crippen molar-refractivity contribution >= 4 is 57.6 Å². The number of nitrogens with two attached hydrogens (primary N) is 1. The number of hydrogen-bond donors (Lipinski definition) is 5. The molecule has 15 heteroatoms. The molecule has 2 aliphatic rings. The molecule has 4 aromatic rings. The third-order valence-electron chi connectivity index (χ3n) is 10.3. The van der Waals surface area contributed by atoms with Crippen LogP contribution >= 0.6 is 23.2 Å². The molecule has 11 nitrogen and oxygen atoms in total. The summed E-state index contributed by atoms with van der Waals surface area (Å²) in [5.41, 5.74) is 9.22. The SMILES string of the molecule is NCC[C@H](NC(=O)[C@H](Cc1ccc(F)c(F)c1)NC(=O)Nc1cccc2c1c(CN1CCCC1)cn2Cc1c(Cl)cccc1Cl)C(=O)NCCN1CCCC1. The van der Waals surface area contributed by atoms with E-state index in [9.17, 15) is 23.2 Å². The van der Waals surface area contributed by atoms with Gasteiger partial charge < -0.3 is 36.5 Å². The maximum absolute atomic E-state index is 14.3. The van der Waals surface area contributed by atoms with Crippen molar-refractivity contribution in [2.45, 2.75) is 63.7 Å². The monoisotopic (exact) mass is 796 g/mol. The van der Waals surface area contributed by atoms with Crippen molar-refractivity contribution in [2.75, 3.05) is 51.1 Å². The zero-order valence-electron chi connectivity index (χ0n) is 30.7. The molecule has 55 heavy (non-hydrogen) atoms. The van der Waals surface area contributed by atoms with E-state index < -0.39 is 41.6 Å². The predicted octanol–water partition coefficient (Wildman–Crippen LogP) is 5.65. The number of carbonyl (C=O) groups is 3. The smallest absolute Gasteiger partial charge is 0.319 e. The molecule has 294 valence electrons. The highest BCUT2D eigenvalue weighted by molar-refractivity contribution is 6.36. The summed E-state index contributed by atoms with van der Waals surface area (Å²) in [5.74, 6) is -3.19. The number of hydrogen-bond acceptors (Lipinski definition) is 6. The Morgan fingerprint density at radius 2 is 1.49 bits per heavy atom. The number of likely N-dealkylation sites (tertiary alicyclic amines) is 2. The molecule has 0 unspecified atom stereocenters. The number of amides is 4. The highest BCUT2D eigenvalue weighted by Gasteiger charge is 2.28. The number of urea groups is 1. The van der Waals surface area contributed by atoms with Crippen LogP contribution in [-0.4, -0.2) is 90.1 Å². The molecular formula is C40H48Cl2F2N8O3. The van der Waals surface area contributed by atoms with Crippen molar-refractivity contribution in [1.82, 2.24) is 30.3 Å². The molecule has 6 rings (SSSR count). The van der Waals surface area contributed by atoms with Crippen molar-refractivity contribution in [2.24, 2.45) is 5.73 Å². The van der Waals surface area contributed by atoms with E-state index >= 15 is 0 Å². The highest BCUT2D eigenvalue weighted by Crippen LogP contribution is 2.33. The molecule has 1 aromatic heterocycles. The number of rotatable bonds is 16. The van der Waals surface area contributed by atoms with E-state index in [-0.39, 0.29) is 24.9 Å². The van der Waals surface area contributed by atoms with Crippen molar-refractivity contribution in [1.29, 1.82) is 0 Å². The molecule has 0 bridgehead atoms. The molecule has 3 aromatic carbocycles. The summed E-state index contributed by atoms with van der Waals surface area (Å²) in [6.07, 6.45) is 6.50. The minimum Gasteiger partial charge on any atom is -0.353 e. The van der Waals surface area contributed by atoms with Gasteiger partial charge in [-0.1, -0.05) is 41.4 Å². The molecule has 2 saturated heterocycles. The van der Waals surface area contributed by atoms with Crippen LogP contribution < -0.4 is 27.0 Å². The second-order valence-corrected chi connectivity index (χ2v) is 15.1. The molecular weight excluding hydrogens is 749 g/mol. The zero-order valence-corrected chi connectivity index (χ0v) is 32.2. The van der Waals surface area contributed by atoms with Crippen molar-refractivity contribution in [3.8, 4) is 0 Å². The number of aromatic nitrogens is 1. The molecule has 2 atom stereocenters. The lowest BCUT2D eigenvalue weighted by atomic mass is 10.0. The minimum atomic E-state index is -1.27. The average molecular weight is 798 g/mol. The van der Waals surface area contributed by atoms with Gasteiger partial charge in [0.25, 0.3) is 0 Å². The quantitative estimate of drug-likeness (QED) is 0.0996. The Hall–Kier alpha value is -4.27. The second-order valence-electron chi connectivity index (χ2n) is 14.2. The molecule has 0 saturated carbocycles. The molecule has 0 spiro atoms. The summed E-state index contributed by atoms with van der Waals surface area (Å²) in [7, 11) is 0. The maximum atomic E-state index is 14.3. The molecule has 6 N–H and O–H groups in total. The first-order chi connectivity index (χ1) is 26.6. The van der Waals surface area contributed by atoms with Crippen LogP contribution in [0.2, 0.25) is 10.0 Å². The van der Waals surface area contributed by atoms with E-state index in [0.717, 1.165) is 86.0 Å². The number of nitrogens with zero attached hydrogens (tertiary/aromatic N) is 3. The summed E-state index contributed by atoms with van der Waals surface area (Å²) < 4.78 is 30.2. The van der Waals surface area contributed by atoms with Crippen molar-refractivity contribution < 1.29 is 23.2 Å². The van der Waals surface area contributed by atoms with Crippen LogP contribution in [0.25, 0.3) is 10.9 Å².